The summed E-state index contributed by atoms with van der Waals surface area (Å²) in [6.45, 7) is 4.23. The van der Waals surface area contributed by atoms with E-state index in [1.807, 2.05) is 32.0 Å². The maximum absolute atomic E-state index is 11.4. The monoisotopic (exact) mass is 280 g/mol. The molecule has 0 unspecified atom stereocenters. The quantitative estimate of drug-likeness (QED) is 0.611. The Labute approximate surface area is 118 Å². The van der Waals surface area contributed by atoms with Crippen LogP contribution < -0.4 is 15.4 Å². The number of hydrogen-bond acceptors (Lipinski definition) is 4. The van der Waals surface area contributed by atoms with Crippen LogP contribution in [0.15, 0.2) is 18.2 Å². The average molecular weight is 280 g/mol. The fourth-order valence-electron chi connectivity index (χ4n) is 1.58. The van der Waals surface area contributed by atoms with Crippen molar-refractivity contribution in [2.45, 2.75) is 20.3 Å². The molecule has 0 saturated heterocycles. The van der Waals surface area contributed by atoms with E-state index < -0.39 is 6.03 Å². The van der Waals surface area contributed by atoms with Crippen molar-refractivity contribution in [3.05, 3.63) is 29.3 Å². The van der Waals surface area contributed by atoms with Gasteiger partial charge in [0.15, 0.2) is 6.73 Å². The Morgan fingerprint density at radius 3 is 2.60 bits per heavy atom. The van der Waals surface area contributed by atoms with Crippen molar-refractivity contribution in [2.75, 3.05) is 20.4 Å². The van der Waals surface area contributed by atoms with Crippen LogP contribution in [0.1, 0.15) is 17.5 Å². The second-order valence-corrected chi connectivity index (χ2v) is 4.32. The predicted octanol–water partition coefficient (Wildman–Crippen LogP) is 1.50. The first kappa shape index (κ1) is 15.8. The van der Waals surface area contributed by atoms with Crippen molar-refractivity contribution in [3.8, 4) is 5.75 Å². The lowest BCUT2D eigenvalue weighted by atomic mass is 10.1. The van der Waals surface area contributed by atoms with E-state index in [0.29, 0.717) is 0 Å². The van der Waals surface area contributed by atoms with Crippen molar-refractivity contribution in [1.29, 1.82) is 0 Å². The van der Waals surface area contributed by atoms with Crippen LogP contribution in [-0.4, -0.2) is 32.4 Å². The zero-order valence-corrected chi connectivity index (χ0v) is 12.0. The van der Waals surface area contributed by atoms with Gasteiger partial charge in [-0.3, -0.25) is 4.79 Å². The molecule has 2 amide bonds. The van der Waals surface area contributed by atoms with Crippen LogP contribution in [0.4, 0.5) is 4.79 Å². The van der Waals surface area contributed by atoms with Gasteiger partial charge in [-0.1, -0.05) is 17.7 Å². The van der Waals surface area contributed by atoms with E-state index in [0.717, 1.165) is 16.9 Å². The third-order valence-corrected chi connectivity index (χ3v) is 2.63. The minimum absolute atomic E-state index is 0.0635. The largest absolute Gasteiger partial charge is 0.473 e. The minimum atomic E-state index is -0.390. The lowest BCUT2D eigenvalue weighted by Gasteiger charge is -2.11. The Bertz CT molecular complexity index is 474. The van der Waals surface area contributed by atoms with Crippen molar-refractivity contribution in [3.63, 3.8) is 0 Å². The molecule has 110 valence electrons. The van der Waals surface area contributed by atoms with Crippen LogP contribution in [0.25, 0.3) is 0 Å². The van der Waals surface area contributed by atoms with Crippen LogP contribution >= 0.6 is 0 Å². The second kappa shape index (κ2) is 8.04. The van der Waals surface area contributed by atoms with Gasteiger partial charge in [0.1, 0.15) is 5.75 Å². The maximum atomic E-state index is 11.4. The van der Waals surface area contributed by atoms with Gasteiger partial charge in [0, 0.05) is 6.54 Å². The number of amides is 2. The number of methoxy groups -OCH3 is 1. The zero-order valence-electron chi connectivity index (χ0n) is 12.0. The lowest BCUT2D eigenvalue weighted by molar-refractivity contribution is -0.140. The number of urea groups is 1. The predicted molar refractivity (Wildman–Crippen MR) is 74.6 cm³/mol. The van der Waals surface area contributed by atoms with Crippen molar-refractivity contribution in [1.82, 2.24) is 10.6 Å². The molecule has 0 aliphatic rings. The van der Waals surface area contributed by atoms with Crippen LogP contribution in [0.5, 0.6) is 5.75 Å². The number of esters is 1. The van der Waals surface area contributed by atoms with E-state index in [9.17, 15) is 9.59 Å². The minimum Gasteiger partial charge on any atom is -0.473 e. The molecule has 0 fully saturated rings. The highest BCUT2D eigenvalue weighted by Gasteiger charge is 2.04. The summed E-state index contributed by atoms with van der Waals surface area (Å²) in [4.78, 5) is 22.2. The normalized spacial score (nSPS) is 9.75. The van der Waals surface area contributed by atoms with E-state index in [4.69, 9.17) is 4.74 Å². The number of ether oxygens (including phenoxy) is 2. The Balaban J connectivity index is 2.23. The van der Waals surface area contributed by atoms with Crippen LogP contribution in [0.2, 0.25) is 0 Å². The first-order valence-corrected chi connectivity index (χ1v) is 6.31. The first-order valence-electron chi connectivity index (χ1n) is 6.31. The van der Waals surface area contributed by atoms with Gasteiger partial charge >= 0.3 is 12.0 Å². The average Bonchev–Trinajstić information content (AvgIpc) is 2.41. The summed E-state index contributed by atoms with van der Waals surface area (Å²) in [5.41, 5.74) is 2.17. The fourth-order valence-corrected chi connectivity index (χ4v) is 1.58. The number of rotatable bonds is 6. The number of carbonyl (C=O) groups excluding carboxylic acids is 2. The molecule has 0 aromatic heterocycles. The number of aryl methyl sites for hydroxylation is 2. The van der Waals surface area contributed by atoms with Gasteiger partial charge in [0.05, 0.1) is 13.5 Å². The number of nitrogens with one attached hydrogen (secondary N) is 2. The molecule has 0 atom stereocenters. The highest BCUT2D eigenvalue weighted by Crippen LogP contribution is 2.18. The standard InChI is InChI=1S/C14H20N2O4/c1-10-4-5-12(11(2)8-10)20-9-16-14(18)15-7-6-13(17)19-3/h4-5,8H,6-7,9H2,1-3H3,(H2,15,16,18). The highest BCUT2D eigenvalue weighted by molar-refractivity contribution is 5.75. The van der Waals surface area contributed by atoms with E-state index in [1.165, 1.54) is 7.11 Å². The summed E-state index contributed by atoms with van der Waals surface area (Å²) in [7, 11) is 1.31. The second-order valence-electron chi connectivity index (χ2n) is 4.32. The maximum Gasteiger partial charge on any atom is 0.317 e. The molecule has 6 heteroatoms. The van der Waals surface area contributed by atoms with Crippen molar-refractivity contribution >= 4 is 12.0 Å². The van der Waals surface area contributed by atoms with Gasteiger partial charge in [-0.15, -0.1) is 0 Å². The molecular formula is C14H20N2O4. The molecule has 0 radical (unpaired) electrons. The van der Waals surface area contributed by atoms with Crippen molar-refractivity contribution < 1.29 is 19.1 Å². The molecule has 0 heterocycles. The van der Waals surface area contributed by atoms with Gasteiger partial charge in [-0.2, -0.15) is 0 Å². The molecule has 6 nitrogen and oxygen atoms in total. The number of benzene rings is 1. The third-order valence-electron chi connectivity index (χ3n) is 2.63. The van der Waals surface area contributed by atoms with E-state index >= 15 is 0 Å². The Morgan fingerprint density at radius 2 is 1.95 bits per heavy atom. The molecule has 0 bridgehead atoms. The SMILES string of the molecule is COC(=O)CCNC(=O)NCOc1ccc(C)cc1C. The number of hydrogen-bond donors (Lipinski definition) is 2. The Morgan fingerprint density at radius 1 is 1.20 bits per heavy atom. The van der Waals surface area contributed by atoms with Gasteiger partial charge < -0.3 is 20.1 Å². The summed E-state index contributed by atoms with van der Waals surface area (Å²) in [5, 5.41) is 5.07. The molecule has 0 spiro atoms. The van der Waals surface area contributed by atoms with Crippen LogP contribution in [0, 0.1) is 13.8 Å². The highest BCUT2D eigenvalue weighted by atomic mass is 16.5. The van der Waals surface area contributed by atoms with Gasteiger partial charge in [-0.25, -0.2) is 4.79 Å². The fraction of sp³-hybridized carbons (Fsp3) is 0.429. The Kier molecular flexibility index (Phi) is 6.36. The Hall–Kier alpha value is -2.24. The first-order chi connectivity index (χ1) is 9.52. The summed E-state index contributed by atoms with van der Waals surface area (Å²) in [6, 6.07) is 5.42. The van der Waals surface area contributed by atoms with E-state index in [2.05, 4.69) is 15.4 Å². The van der Waals surface area contributed by atoms with Gasteiger partial charge in [-0.05, 0) is 25.5 Å². The molecular weight excluding hydrogens is 260 g/mol. The summed E-state index contributed by atoms with van der Waals surface area (Å²) >= 11 is 0. The molecule has 2 N–H and O–H groups in total. The molecule has 0 aliphatic heterocycles. The summed E-state index contributed by atoms with van der Waals surface area (Å²) in [5.74, 6) is 0.363. The topological polar surface area (TPSA) is 76.7 Å². The van der Waals surface area contributed by atoms with Crippen LogP contribution in [-0.2, 0) is 9.53 Å². The number of carbonyl (C=O) groups is 2. The van der Waals surface area contributed by atoms with Gasteiger partial charge in [0.2, 0.25) is 0 Å². The summed E-state index contributed by atoms with van der Waals surface area (Å²) < 4.78 is 9.91. The molecule has 1 rings (SSSR count). The molecule has 1 aromatic rings. The smallest absolute Gasteiger partial charge is 0.317 e. The lowest BCUT2D eigenvalue weighted by Crippen LogP contribution is -2.38. The molecule has 1 aromatic carbocycles. The van der Waals surface area contributed by atoms with Gasteiger partial charge in [0.25, 0.3) is 0 Å². The molecule has 20 heavy (non-hydrogen) atoms. The third kappa shape index (κ3) is 5.60. The molecule has 0 aliphatic carbocycles. The van der Waals surface area contributed by atoms with E-state index in [1.54, 1.807) is 0 Å². The van der Waals surface area contributed by atoms with Crippen LogP contribution in [0.3, 0.4) is 0 Å². The zero-order chi connectivity index (χ0) is 15.0. The van der Waals surface area contributed by atoms with Crippen molar-refractivity contribution in [2.24, 2.45) is 0 Å². The molecule has 0 saturated carbocycles. The summed E-state index contributed by atoms with van der Waals surface area (Å²) in [6.07, 6.45) is 0.141. The van der Waals surface area contributed by atoms with E-state index in [-0.39, 0.29) is 25.7 Å².